The number of amides is 2. The number of carbonyl (C=O) groups is 2. The number of nitrogens with one attached hydrogen (secondary N) is 1. The van der Waals surface area contributed by atoms with Crippen molar-refractivity contribution in [1.82, 2.24) is 10.2 Å². The van der Waals surface area contributed by atoms with E-state index >= 15 is 0 Å². The van der Waals surface area contributed by atoms with Crippen LogP contribution in [0.2, 0.25) is 0 Å². The van der Waals surface area contributed by atoms with Crippen LogP contribution in [0.15, 0.2) is 30.3 Å². The summed E-state index contributed by atoms with van der Waals surface area (Å²) < 4.78 is 5.61. The zero-order chi connectivity index (χ0) is 19.8. The standard InChI is InChI=1S/C23H32N2O3/c1-2-28-21-13-7-6-9-18(21)14-15-22(26)25-16-8-10-19(17-25)23(27)24-20-11-4-3-5-12-20/h6-7,9,13-15,19-20H,2-5,8,10-12,16-17H2,1H3,(H,24,27)/b15-14+. The van der Waals surface area contributed by atoms with E-state index in [1.807, 2.05) is 31.2 Å². The Hall–Kier alpha value is -2.30. The summed E-state index contributed by atoms with van der Waals surface area (Å²) in [6.45, 7) is 3.75. The second-order valence-electron chi connectivity index (χ2n) is 7.77. The Balaban J connectivity index is 1.56. The van der Waals surface area contributed by atoms with E-state index in [2.05, 4.69) is 5.32 Å². The van der Waals surface area contributed by atoms with Crippen LogP contribution in [0.1, 0.15) is 57.4 Å². The van der Waals surface area contributed by atoms with E-state index < -0.39 is 0 Å². The Bertz CT molecular complexity index is 695. The number of para-hydroxylation sites is 1. The van der Waals surface area contributed by atoms with Gasteiger partial charge in [-0.25, -0.2) is 0 Å². The van der Waals surface area contributed by atoms with Gasteiger partial charge in [0.25, 0.3) is 0 Å². The number of hydrogen-bond acceptors (Lipinski definition) is 3. The molecule has 152 valence electrons. The molecule has 2 amide bonds. The average molecular weight is 385 g/mol. The van der Waals surface area contributed by atoms with Crippen LogP contribution in [-0.4, -0.2) is 42.5 Å². The summed E-state index contributed by atoms with van der Waals surface area (Å²) in [5.41, 5.74) is 0.890. The zero-order valence-corrected chi connectivity index (χ0v) is 16.9. The van der Waals surface area contributed by atoms with E-state index in [4.69, 9.17) is 4.74 Å². The van der Waals surface area contributed by atoms with Crippen molar-refractivity contribution in [3.8, 4) is 5.75 Å². The molecule has 1 aliphatic heterocycles. The summed E-state index contributed by atoms with van der Waals surface area (Å²) >= 11 is 0. The third-order valence-electron chi connectivity index (χ3n) is 5.68. The lowest BCUT2D eigenvalue weighted by atomic mass is 9.93. The number of hydrogen-bond donors (Lipinski definition) is 1. The first kappa shape index (κ1) is 20.4. The van der Waals surface area contributed by atoms with Gasteiger partial charge in [0.1, 0.15) is 5.75 Å². The van der Waals surface area contributed by atoms with E-state index in [0.29, 0.717) is 25.7 Å². The van der Waals surface area contributed by atoms with Crippen molar-refractivity contribution in [1.29, 1.82) is 0 Å². The second kappa shape index (κ2) is 10.3. The Morgan fingerprint density at radius 3 is 2.71 bits per heavy atom. The van der Waals surface area contributed by atoms with Crippen molar-refractivity contribution >= 4 is 17.9 Å². The summed E-state index contributed by atoms with van der Waals surface area (Å²) in [5.74, 6) is 0.762. The molecule has 28 heavy (non-hydrogen) atoms. The van der Waals surface area contributed by atoms with Gasteiger partial charge in [-0.2, -0.15) is 0 Å². The Morgan fingerprint density at radius 2 is 1.93 bits per heavy atom. The summed E-state index contributed by atoms with van der Waals surface area (Å²) in [7, 11) is 0. The van der Waals surface area contributed by atoms with Gasteiger partial charge < -0.3 is 15.0 Å². The number of piperidine rings is 1. The van der Waals surface area contributed by atoms with E-state index in [9.17, 15) is 9.59 Å². The molecule has 1 aromatic carbocycles. The molecule has 2 aliphatic rings. The molecular formula is C23H32N2O3. The number of rotatable bonds is 6. The molecule has 1 aromatic rings. The van der Waals surface area contributed by atoms with E-state index in [-0.39, 0.29) is 17.7 Å². The minimum absolute atomic E-state index is 0.0403. The van der Waals surface area contributed by atoms with E-state index in [1.165, 1.54) is 19.3 Å². The SMILES string of the molecule is CCOc1ccccc1/C=C/C(=O)N1CCCC(C(=O)NC2CCCCC2)C1. The zero-order valence-electron chi connectivity index (χ0n) is 16.9. The van der Waals surface area contributed by atoms with E-state index in [0.717, 1.165) is 37.0 Å². The highest BCUT2D eigenvalue weighted by Crippen LogP contribution is 2.22. The van der Waals surface area contributed by atoms with Gasteiger partial charge in [0.2, 0.25) is 11.8 Å². The van der Waals surface area contributed by atoms with Crippen LogP contribution in [0.4, 0.5) is 0 Å². The molecule has 1 saturated heterocycles. The molecule has 2 fully saturated rings. The van der Waals surface area contributed by atoms with Gasteiger partial charge in [0.15, 0.2) is 0 Å². The highest BCUT2D eigenvalue weighted by Gasteiger charge is 2.29. The molecule has 1 saturated carbocycles. The van der Waals surface area contributed by atoms with Crippen LogP contribution < -0.4 is 10.1 Å². The van der Waals surface area contributed by atoms with E-state index in [1.54, 1.807) is 17.1 Å². The minimum Gasteiger partial charge on any atom is -0.493 e. The van der Waals surface area contributed by atoms with Crippen molar-refractivity contribution < 1.29 is 14.3 Å². The average Bonchev–Trinajstić information content (AvgIpc) is 2.74. The number of carbonyl (C=O) groups excluding carboxylic acids is 2. The lowest BCUT2D eigenvalue weighted by Gasteiger charge is -2.33. The molecule has 5 nitrogen and oxygen atoms in total. The molecule has 1 heterocycles. The van der Waals surface area contributed by atoms with Gasteiger partial charge in [0, 0.05) is 30.8 Å². The van der Waals surface area contributed by atoms with Crippen molar-refractivity contribution in [2.45, 2.75) is 57.9 Å². The molecule has 0 aromatic heterocycles. The third kappa shape index (κ3) is 5.60. The molecule has 1 atom stereocenters. The molecule has 1 aliphatic carbocycles. The molecule has 0 radical (unpaired) electrons. The lowest BCUT2D eigenvalue weighted by molar-refractivity contribution is -0.132. The quantitative estimate of drug-likeness (QED) is 0.759. The normalized spacial score (nSPS) is 20.9. The fourth-order valence-corrected chi connectivity index (χ4v) is 4.13. The van der Waals surface area contributed by atoms with Gasteiger partial charge in [-0.3, -0.25) is 9.59 Å². The molecule has 1 unspecified atom stereocenters. The van der Waals surface area contributed by atoms with Crippen LogP contribution >= 0.6 is 0 Å². The summed E-state index contributed by atoms with van der Waals surface area (Å²) in [6, 6.07) is 8.01. The molecule has 3 rings (SSSR count). The monoisotopic (exact) mass is 384 g/mol. The minimum atomic E-state index is -0.0938. The highest BCUT2D eigenvalue weighted by molar-refractivity contribution is 5.92. The van der Waals surface area contributed by atoms with Crippen molar-refractivity contribution in [3.05, 3.63) is 35.9 Å². The molecule has 5 heteroatoms. The first-order chi connectivity index (χ1) is 13.7. The van der Waals surface area contributed by atoms with Crippen LogP contribution in [0.25, 0.3) is 6.08 Å². The maximum atomic E-state index is 12.7. The molecule has 1 N–H and O–H groups in total. The lowest BCUT2D eigenvalue weighted by Crippen LogP contribution is -2.47. The Morgan fingerprint density at radius 1 is 1.14 bits per heavy atom. The summed E-state index contributed by atoms with van der Waals surface area (Å²) in [5, 5.41) is 3.22. The largest absolute Gasteiger partial charge is 0.493 e. The third-order valence-corrected chi connectivity index (χ3v) is 5.68. The van der Waals surface area contributed by atoms with Crippen LogP contribution in [0.5, 0.6) is 5.75 Å². The fraction of sp³-hybridized carbons (Fsp3) is 0.565. The van der Waals surface area contributed by atoms with Crippen LogP contribution in [0.3, 0.4) is 0 Å². The Kier molecular flexibility index (Phi) is 7.52. The highest BCUT2D eigenvalue weighted by atomic mass is 16.5. The summed E-state index contributed by atoms with van der Waals surface area (Å²) in [6.07, 6.45) is 11.0. The van der Waals surface area contributed by atoms with Gasteiger partial charge in [-0.1, -0.05) is 37.5 Å². The number of ether oxygens (including phenoxy) is 1. The maximum Gasteiger partial charge on any atom is 0.246 e. The second-order valence-corrected chi connectivity index (χ2v) is 7.77. The summed E-state index contributed by atoms with van der Waals surface area (Å²) in [4.78, 5) is 27.1. The van der Waals surface area contributed by atoms with Crippen LogP contribution in [-0.2, 0) is 9.59 Å². The number of benzene rings is 1. The first-order valence-electron chi connectivity index (χ1n) is 10.7. The predicted octanol–water partition coefficient (Wildman–Crippen LogP) is 3.79. The fourth-order valence-electron chi connectivity index (χ4n) is 4.13. The van der Waals surface area contributed by atoms with Crippen LogP contribution in [0, 0.1) is 5.92 Å². The van der Waals surface area contributed by atoms with Gasteiger partial charge in [0.05, 0.1) is 12.5 Å². The van der Waals surface area contributed by atoms with Crippen molar-refractivity contribution in [3.63, 3.8) is 0 Å². The molecule has 0 spiro atoms. The van der Waals surface area contributed by atoms with Crippen molar-refractivity contribution in [2.75, 3.05) is 19.7 Å². The smallest absolute Gasteiger partial charge is 0.246 e. The topological polar surface area (TPSA) is 58.6 Å². The maximum absolute atomic E-state index is 12.7. The molecular weight excluding hydrogens is 352 g/mol. The van der Waals surface area contributed by atoms with Crippen molar-refractivity contribution in [2.24, 2.45) is 5.92 Å². The Labute approximate surface area is 168 Å². The number of likely N-dealkylation sites (tertiary alicyclic amines) is 1. The predicted molar refractivity (Wildman–Crippen MR) is 111 cm³/mol. The van der Waals surface area contributed by atoms with Gasteiger partial charge >= 0.3 is 0 Å². The van der Waals surface area contributed by atoms with Gasteiger partial charge in [-0.15, -0.1) is 0 Å². The first-order valence-corrected chi connectivity index (χ1v) is 10.7. The van der Waals surface area contributed by atoms with Gasteiger partial charge in [-0.05, 0) is 44.7 Å². The number of nitrogens with zero attached hydrogens (tertiary/aromatic N) is 1. The molecule has 0 bridgehead atoms.